The zero-order chi connectivity index (χ0) is 16.3. The second-order valence-electron chi connectivity index (χ2n) is 5.61. The third-order valence-corrected chi connectivity index (χ3v) is 4.28. The van der Waals surface area contributed by atoms with E-state index < -0.39 is 12.0 Å². The van der Waals surface area contributed by atoms with E-state index in [0.29, 0.717) is 24.0 Å². The van der Waals surface area contributed by atoms with Gasteiger partial charge in [0, 0.05) is 17.5 Å². The second-order valence-corrected chi connectivity index (χ2v) is 5.61. The minimum absolute atomic E-state index is 0.0326. The molecule has 1 aliphatic carbocycles. The molecule has 0 saturated heterocycles. The highest BCUT2D eigenvalue weighted by Gasteiger charge is 2.29. The third kappa shape index (κ3) is 3.03. The lowest BCUT2D eigenvalue weighted by Crippen LogP contribution is -2.45. The van der Waals surface area contributed by atoms with Crippen molar-refractivity contribution >= 4 is 17.7 Å². The molecule has 0 spiro atoms. The molecule has 2 rings (SSSR count). The molecule has 1 amide bonds. The summed E-state index contributed by atoms with van der Waals surface area (Å²) in [6.07, 6.45) is 1.75. The molecule has 1 aromatic carbocycles. The van der Waals surface area contributed by atoms with Crippen molar-refractivity contribution in [2.24, 2.45) is 5.92 Å². The molecule has 1 aromatic rings. The summed E-state index contributed by atoms with van der Waals surface area (Å²) in [6.45, 7) is 3.84. The number of fused-ring (bicyclic) bond motifs is 1. The molecule has 0 saturated carbocycles. The summed E-state index contributed by atoms with van der Waals surface area (Å²) in [6, 6.07) is 4.45. The molecule has 0 fully saturated rings. The second kappa shape index (κ2) is 6.73. The van der Waals surface area contributed by atoms with E-state index in [0.717, 1.165) is 12.0 Å². The van der Waals surface area contributed by atoms with Gasteiger partial charge in [0.15, 0.2) is 5.78 Å². The van der Waals surface area contributed by atoms with Gasteiger partial charge >= 0.3 is 5.97 Å². The van der Waals surface area contributed by atoms with Gasteiger partial charge in [-0.3, -0.25) is 9.59 Å². The summed E-state index contributed by atoms with van der Waals surface area (Å²) < 4.78 is 4.77. The Morgan fingerprint density at radius 2 is 2.05 bits per heavy atom. The molecular weight excluding hydrogens is 282 g/mol. The largest absolute Gasteiger partial charge is 0.467 e. The number of esters is 1. The van der Waals surface area contributed by atoms with Crippen LogP contribution in [0.25, 0.3) is 0 Å². The van der Waals surface area contributed by atoms with E-state index in [1.807, 2.05) is 13.8 Å². The molecule has 1 aliphatic rings. The van der Waals surface area contributed by atoms with Crippen molar-refractivity contribution in [3.63, 3.8) is 0 Å². The van der Waals surface area contributed by atoms with Crippen molar-refractivity contribution < 1.29 is 19.1 Å². The maximum absolute atomic E-state index is 12.5. The number of carbonyl (C=O) groups is 3. The molecule has 0 aromatic heterocycles. The topological polar surface area (TPSA) is 72.5 Å². The highest BCUT2D eigenvalue weighted by Crippen LogP contribution is 2.25. The Morgan fingerprint density at radius 1 is 1.32 bits per heavy atom. The van der Waals surface area contributed by atoms with Crippen molar-refractivity contribution in [3.05, 3.63) is 34.9 Å². The van der Waals surface area contributed by atoms with Crippen molar-refractivity contribution in [3.8, 4) is 0 Å². The molecule has 2 unspecified atom stereocenters. The van der Waals surface area contributed by atoms with Crippen LogP contribution in [0.4, 0.5) is 0 Å². The molecule has 0 radical (unpaired) electrons. The highest BCUT2D eigenvalue weighted by atomic mass is 16.5. The SMILES string of the molecule is CCC(C)C(NC(=O)c1cccc2c1CCC2=O)C(=O)OC. The summed E-state index contributed by atoms with van der Waals surface area (Å²) in [5.74, 6) is -0.750. The van der Waals surface area contributed by atoms with Gasteiger partial charge in [-0.05, 0) is 24.0 Å². The van der Waals surface area contributed by atoms with Crippen LogP contribution in [0.2, 0.25) is 0 Å². The van der Waals surface area contributed by atoms with Gasteiger partial charge in [-0.25, -0.2) is 4.79 Å². The van der Waals surface area contributed by atoms with Crippen LogP contribution in [-0.2, 0) is 16.0 Å². The molecule has 5 heteroatoms. The lowest BCUT2D eigenvalue weighted by Gasteiger charge is -2.22. The molecule has 2 atom stereocenters. The Bertz CT molecular complexity index is 609. The van der Waals surface area contributed by atoms with Gasteiger partial charge in [0.1, 0.15) is 6.04 Å². The molecule has 5 nitrogen and oxygen atoms in total. The number of amides is 1. The van der Waals surface area contributed by atoms with Crippen molar-refractivity contribution in [2.45, 2.75) is 39.2 Å². The Labute approximate surface area is 130 Å². The first-order valence-corrected chi connectivity index (χ1v) is 7.53. The van der Waals surface area contributed by atoms with Crippen LogP contribution in [0.5, 0.6) is 0 Å². The number of ether oxygens (including phenoxy) is 1. The Hall–Kier alpha value is -2.17. The zero-order valence-electron chi connectivity index (χ0n) is 13.1. The molecule has 118 valence electrons. The van der Waals surface area contributed by atoms with Crippen molar-refractivity contribution in [2.75, 3.05) is 7.11 Å². The number of benzene rings is 1. The van der Waals surface area contributed by atoms with Gasteiger partial charge in [0.25, 0.3) is 5.91 Å². The molecule has 0 heterocycles. The number of nitrogens with one attached hydrogen (secondary N) is 1. The van der Waals surface area contributed by atoms with Crippen LogP contribution >= 0.6 is 0 Å². The molecule has 0 bridgehead atoms. The van der Waals surface area contributed by atoms with E-state index in [-0.39, 0.29) is 17.6 Å². The van der Waals surface area contributed by atoms with Gasteiger partial charge in [-0.15, -0.1) is 0 Å². The molecule has 22 heavy (non-hydrogen) atoms. The number of methoxy groups -OCH3 is 1. The van der Waals surface area contributed by atoms with E-state index in [1.54, 1.807) is 18.2 Å². The molecule has 1 N–H and O–H groups in total. The van der Waals surface area contributed by atoms with Crippen LogP contribution in [0.15, 0.2) is 18.2 Å². The Balaban J connectivity index is 2.25. The van der Waals surface area contributed by atoms with Gasteiger partial charge in [-0.1, -0.05) is 32.4 Å². The fourth-order valence-electron chi connectivity index (χ4n) is 2.72. The number of hydrogen-bond acceptors (Lipinski definition) is 4. The molecular formula is C17H21NO4. The zero-order valence-corrected chi connectivity index (χ0v) is 13.1. The highest BCUT2D eigenvalue weighted by molar-refractivity contribution is 6.06. The standard InChI is InChI=1S/C17H21NO4/c1-4-10(2)15(17(21)22-3)18-16(20)13-7-5-6-12-11(13)8-9-14(12)19/h5-7,10,15H,4,8-9H2,1-3H3,(H,18,20). The number of hydrogen-bond donors (Lipinski definition) is 1. The number of Topliss-reactive ketones (excluding diaryl/α,β-unsaturated/α-hetero) is 1. The van der Waals surface area contributed by atoms with Crippen LogP contribution in [0.1, 0.15) is 53.0 Å². The van der Waals surface area contributed by atoms with Gasteiger partial charge in [-0.2, -0.15) is 0 Å². The van der Waals surface area contributed by atoms with Crippen LogP contribution in [-0.4, -0.2) is 30.8 Å². The van der Waals surface area contributed by atoms with E-state index in [9.17, 15) is 14.4 Å². The molecule has 0 aliphatic heterocycles. The predicted molar refractivity (Wildman–Crippen MR) is 81.8 cm³/mol. The Kier molecular flexibility index (Phi) is 4.96. The number of carbonyl (C=O) groups excluding carboxylic acids is 3. The maximum atomic E-state index is 12.5. The van der Waals surface area contributed by atoms with Crippen LogP contribution in [0.3, 0.4) is 0 Å². The van der Waals surface area contributed by atoms with E-state index in [4.69, 9.17) is 4.74 Å². The van der Waals surface area contributed by atoms with Gasteiger partial charge < -0.3 is 10.1 Å². The fourth-order valence-corrected chi connectivity index (χ4v) is 2.72. The number of rotatable bonds is 5. The first kappa shape index (κ1) is 16.2. The quantitative estimate of drug-likeness (QED) is 0.846. The van der Waals surface area contributed by atoms with E-state index in [1.165, 1.54) is 7.11 Å². The lowest BCUT2D eigenvalue weighted by molar-refractivity contribution is -0.144. The minimum atomic E-state index is -0.685. The monoisotopic (exact) mass is 303 g/mol. The van der Waals surface area contributed by atoms with Crippen molar-refractivity contribution in [1.82, 2.24) is 5.32 Å². The van der Waals surface area contributed by atoms with Gasteiger partial charge in [0.05, 0.1) is 7.11 Å². The maximum Gasteiger partial charge on any atom is 0.328 e. The number of ketones is 1. The normalized spacial score (nSPS) is 15.9. The van der Waals surface area contributed by atoms with Crippen LogP contribution < -0.4 is 5.32 Å². The first-order valence-electron chi connectivity index (χ1n) is 7.53. The summed E-state index contributed by atoms with van der Waals surface area (Å²) >= 11 is 0. The lowest BCUT2D eigenvalue weighted by atomic mass is 9.97. The predicted octanol–water partition coefficient (Wildman–Crippen LogP) is 2.13. The third-order valence-electron chi connectivity index (χ3n) is 4.28. The Morgan fingerprint density at radius 3 is 2.68 bits per heavy atom. The van der Waals surface area contributed by atoms with Crippen LogP contribution in [0, 0.1) is 5.92 Å². The summed E-state index contributed by atoms with van der Waals surface area (Å²) in [5, 5.41) is 2.75. The van der Waals surface area contributed by atoms with Gasteiger partial charge in [0.2, 0.25) is 0 Å². The van der Waals surface area contributed by atoms with E-state index >= 15 is 0 Å². The van der Waals surface area contributed by atoms with Crippen molar-refractivity contribution in [1.29, 1.82) is 0 Å². The average Bonchev–Trinajstić information content (AvgIpc) is 2.92. The minimum Gasteiger partial charge on any atom is -0.467 e. The smallest absolute Gasteiger partial charge is 0.328 e. The summed E-state index contributed by atoms with van der Waals surface area (Å²) in [7, 11) is 1.31. The first-order chi connectivity index (χ1) is 10.5. The summed E-state index contributed by atoms with van der Waals surface area (Å²) in [4.78, 5) is 36.2. The van der Waals surface area contributed by atoms with E-state index in [2.05, 4.69) is 5.32 Å². The fraction of sp³-hybridized carbons (Fsp3) is 0.471. The average molecular weight is 303 g/mol. The summed E-state index contributed by atoms with van der Waals surface area (Å²) in [5.41, 5.74) is 1.86.